The Labute approximate surface area is 124 Å². The Hall–Kier alpha value is -1.76. The third-order valence-corrected chi connectivity index (χ3v) is 4.39. The largest absolute Gasteiger partial charge is 0.409 e. The van der Waals surface area contributed by atoms with Gasteiger partial charge in [0.25, 0.3) is 0 Å². The van der Waals surface area contributed by atoms with Crippen molar-refractivity contribution >= 4 is 22.2 Å². The molecule has 2 rings (SSSR count). The SMILES string of the molecule is N#Cc1c(NC(=O)C(C(F)(F)F)C(F)(F)F)sc2c1CCC2. The van der Waals surface area contributed by atoms with Crippen LogP contribution < -0.4 is 5.32 Å². The summed E-state index contributed by atoms with van der Waals surface area (Å²) < 4.78 is 74.8. The lowest BCUT2D eigenvalue weighted by atomic mass is 10.1. The normalized spacial score (nSPS) is 14.8. The number of hydrogen-bond donors (Lipinski definition) is 1. The summed E-state index contributed by atoms with van der Waals surface area (Å²) in [5.41, 5.74) is 0.548. The molecule has 120 valence electrons. The molecule has 0 aliphatic heterocycles. The number of alkyl halides is 6. The molecule has 1 aromatic heterocycles. The quantitative estimate of drug-likeness (QED) is 0.832. The topological polar surface area (TPSA) is 52.9 Å². The number of rotatable bonds is 2. The van der Waals surface area contributed by atoms with Crippen LogP contribution in [-0.2, 0) is 17.6 Å². The highest BCUT2D eigenvalue weighted by molar-refractivity contribution is 7.16. The number of nitrogens with zero attached hydrogens (tertiary/aromatic N) is 1. The number of nitrogens with one attached hydrogen (secondary N) is 1. The van der Waals surface area contributed by atoms with Crippen LogP contribution in [0.25, 0.3) is 0 Å². The zero-order valence-corrected chi connectivity index (χ0v) is 11.5. The van der Waals surface area contributed by atoms with Crippen molar-refractivity contribution in [3.05, 3.63) is 16.0 Å². The summed E-state index contributed by atoms with van der Waals surface area (Å²) in [7, 11) is 0. The molecule has 10 heteroatoms. The number of thiophene rings is 1. The molecule has 0 saturated carbocycles. The summed E-state index contributed by atoms with van der Waals surface area (Å²) in [4.78, 5) is 12.2. The first kappa shape index (κ1) is 16.6. The maximum atomic E-state index is 12.5. The van der Waals surface area contributed by atoms with Crippen molar-refractivity contribution in [2.45, 2.75) is 31.6 Å². The van der Waals surface area contributed by atoms with Gasteiger partial charge >= 0.3 is 12.4 Å². The summed E-state index contributed by atoms with van der Waals surface area (Å²) in [5.74, 6) is -6.35. The second kappa shape index (κ2) is 5.46. The van der Waals surface area contributed by atoms with E-state index in [0.717, 1.165) is 17.8 Å². The zero-order valence-electron chi connectivity index (χ0n) is 10.7. The summed E-state index contributed by atoms with van der Waals surface area (Å²) in [5, 5.41) is 10.4. The van der Waals surface area contributed by atoms with Crippen LogP contribution in [0.4, 0.5) is 31.3 Å². The van der Waals surface area contributed by atoms with Crippen molar-refractivity contribution in [1.29, 1.82) is 5.26 Å². The van der Waals surface area contributed by atoms with Crippen molar-refractivity contribution in [3.8, 4) is 6.07 Å². The first-order valence-corrected chi connectivity index (χ1v) is 6.86. The lowest BCUT2D eigenvalue weighted by Gasteiger charge is -2.21. The predicted molar refractivity (Wildman–Crippen MR) is 65.3 cm³/mol. The van der Waals surface area contributed by atoms with Crippen LogP contribution in [-0.4, -0.2) is 18.3 Å². The Bertz CT molecular complexity index is 626. The number of hydrogen-bond acceptors (Lipinski definition) is 3. The molecule has 22 heavy (non-hydrogen) atoms. The molecule has 0 atom stereocenters. The zero-order chi connectivity index (χ0) is 16.7. The Morgan fingerprint density at radius 3 is 2.27 bits per heavy atom. The first-order valence-electron chi connectivity index (χ1n) is 6.04. The molecular weight excluding hydrogens is 334 g/mol. The Morgan fingerprint density at radius 2 is 1.77 bits per heavy atom. The van der Waals surface area contributed by atoms with Crippen molar-refractivity contribution in [2.24, 2.45) is 5.92 Å². The highest BCUT2D eigenvalue weighted by Crippen LogP contribution is 2.42. The van der Waals surface area contributed by atoms with E-state index in [1.165, 1.54) is 0 Å². The molecule has 1 heterocycles. The van der Waals surface area contributed by atoms with Gasteiger partial charge in [-0.25, -0.2) is 0 Å². The molecule has 1 amide bonds. The predicted octanol–water partition coefficient (Wildman–Crippen LogP) is 3.79. The molecule has 0 saturated heterocycles. The number of carbonyl (C=O) groups excluding carboxylic acids is 1. The monoisotopic (exact) mass is 342 g/mol. The maximum absolute atomic E-state index is 12.5. The Balaban J connectivity index is 2.31. The van der Waals surface area contributed by atoms with Gasteiger partial charge in [-0.05, 0) is 24.8 Å². The van der Waals surface area contributed by atoms with Gasteiger partial charge in [0, 0.05) is 4.88 Å². The molecule has 1 aliphatic rings. The highest BCUT2D eigenvalue weighted by atomic mass is 32.1. The fraction of sp³-hybridized carbons (Fsp3) is 0.500. The van der Waals surface area contributed by atoms with Gasteiger partial charge in [0.1, 0.15) is 11.1 Å². The van der Waals surface area contributed by atoms with E-state index in [9.17, 15) is 31.1 Å². The molecule has 0 spiro atoms. The average molecular weight is 342 g/mol. The van der Waals surface area contributed by atoms with Crippen molar-refractivity contribution in [1.82, 2.24) is 0 Å². The standard InChI is InChI=1S/C12H8F6N2OS/c13-11(14,15)8(12(16,17)18)9(21)20-10-6(4-19)5-2-1-3-7(5)22-10/h8H,1-3H2,(H,20,21). The van der Waals surface area contributed by atoms with Crippen molar-refractivity contribution < 1.29 is 31.1 Å². The molecule has 0 aromatic carbocycles. The molecular formula is C12H8F6N2OS. The minimum absolute atomic E-state index is 0.0473. The van der Waals surface area contributed by atoms with Gasteiger partial charge in [-0.15, -0.1) is 11.3 Å². The number of aryl methyl sites for hydroxylation is 1. The Kier molecular flexibility index (Phi) is 4.12. The van der Waals surface area contributed by atoms with Gasteiger partial charge in [0.15, 0.2) is 0 Å². The van der Waals surface area contributed by atoms with Gasteiger partial charge in [0.05, 0.1) is 5.56 Å². The van der Waals surface area contributed by atoms with E-state index in [1.54, 1.807) is 11.4 Å². The van der Waals surface area contributed by atoms with E-state index in [1.807, 2.05) is 0 Å². The third kappa shape index (κ3) is 3.04. The van der Waals surface area contributed by atoms with E-state index in [-0.39, 0.29) is 10.6 Å². The van der Waals surface area contributed by atoms with E-state index in [2.05, 4.69) is 0 Å². The van der Waals surface area contributed by atoms with Crippen molar-refractivity contribution in [3.63, 3.8) is 0 Å². The van der Waals surface area contributed by atoms with Gasteiger partial charge in [0.2, 0.25) is 11.8 Å². The van der Waals surface area contributed by atoms with Gasteiger partial charge in [-0.1, -0.05) is 0 Å². The summed E-state index contributed by atoms with van der Waals surface area (Å²) >= 11 is 0.851. The third-order valence-electron chi connectivity index (χ3n) is 3.19. The number of halogens is 6. The van der Waals surface area contributed by atoms with Crippen LogP contribution in [0, 0.1) is 17.2 Å². The van der Waals surface area contributed by atoms with E-state index in [4.69, 9.17) is 5.26 Å². The molecule has 1 aliphatic carbocycles. The minimum Gasteiger partial charge on any atom is -0.316 e. The molecule has 0 bridgehead atoms. The number of anilines is 1. The second-order valence-corrected chi connectivity index (χ2v) is 5.78. The molecule has 0 radical (unpaired) electrons. The van der Waals surface area contributed by atoms with Crippen LogP contribution in [0.5, 0.6) is 0 Å². The van der Waals surface area contributed by atoms with Crippen LogP contribution in [0.15, 0.2) is 0 Å². The lowest BCUT2D eigenvalue weighted by molar-refractivity contribution is -0.272. The lowest BCUT2D eigenvalue weighted by Crippen LogP contribution is -2.45. The maximum Gasteiger partial charge on any atom is 0.409 e. The second-order valence-electron chi connectivity index (χ2n) is 4.68. The average Bonchev–Trinajstić information content (AvgIpc) is 2.84. The Morgan fingerprint density at radius 1 is 1.18 bits per heavy atom. The van der Waals surface area contributed by atoms with Gasteiger partial charge < -0.3 is 5.32 Å². The van der Waals surface area contributed by atoms with Crippen LogP contribution >= 0.6 is 11.3 Å². The molecule has 3 nitrogen and oxygen atoms in total. The molecule has 1 aromatic rings. The fourth-order valence-corrected chi connectivity index (χ4v) is 3.52. The van der Waals surface area contributed by atoms with Crippen LogP contribution in [0.2, 0.25) is 0 Å². The number of carbonyl (C=O) groups is 1. The van der Waals surface area contributed by atoms with E-state index < -0.39 is 24.2 Å². The molecule has 0 unspecified atom stereocenters. The van der Waals surface area contributed by atoms with Gasteiger partial charge in [-0.3, -0.25) is 4.79 Å². The number of nitriles is 1. The fourth-order valence-electron chi connectivity index (χ4n) is 2.28. The van der Waals surface area contributed by atoms with Crippen LogP contribution in [0.1, 0.15) is 22.4 Å². The van der Waals surface area contributed by atoms with Crippen molar-refractivity contribution in [2.75, 3.05) is 5.32 Å². The summed E-state index contributed by atoms with van der Waals surface area (Å²) in [6.07, 6.45) is -9.64. The summed E-state index contributed by atoms with van der Waals surface area (Å²) in [6, 6.07) is 1.73. The summed E-state index contributed by atoms with van der Waals surface area (Å²) in [6.45, 7) is 0. The molecule has 1 N–H and O–H groups in total. The van der Waals surface area contributed by atoms with Crippen LogP contribution in [0.3, 0.4) is 0 Å². The smallest absolute Gasteiger partial charge is 0.316 e. The minimum atomic E-state index is -5.75. The van der Waals surface area contributed by atoms with E-state index in [0.29, 0.717) is 23.3 Å². The molecule has 0 fully saturated rings. The number of amides is 1. The van der Waals surface area contributed by atoms with Gasteiger partial charge in [-0.2, -0.15) is 31.6 Å². The highest BCUT2D eigenvalue weighted by Gasteiger charge is 2.61. The van der Waals surface area contributed by atoms with E-state index >= 15 is 0 Å². The number of fused-ring (bicyclic) bond motifs is 1. The first-order chi connectivity index (χ1) is 10.1.